The quantitative estimate of drug-likeness (QED) is 0.573. The van der Waals surface area contributed by atoms with Crippen LogP contribution in [0.3, 0.4) is 0 Å². The lowest BCUT2D eigenvalue weighted by atomic mass is 9.98. The minimum Gasteiger partial charge on any atom is -0.354 e. The number of benzene rings is 2. The topological polar surface area (TPSA) is 22.6 Å². The van der Waals surface area contributed by atoms with Crippen LogP contribution in [0.1, 0.15) is 5.56 Å². The summed E-state index contributed by atoms with van der Waals surface area (Å²) in [5.41, 5.74) is 6.01. The third-order valence-corrected chi connectivity index (χ3v) is 6.20. The van der Waals surface area contributed by atoms with Gasteiger partial charge in [-0.2, -0.15) is 0 Å². The van der Waals surface area contributed by atoms with E-state index in [1.54, 1.807) is 0 Å². The van der Waals surface area contributed by atoms with Crippen LogP contribution in [0, 0.1) is 0 Å². The maximum absolute atomic E-state index is 6.04. The highest BCUT2D eigenvalue weighted by atomic mass is 35.5. The smallest absolute Gasteiger partial charge is 0.128 e. The molecule has 0 radical (unpaired) electrons. The summed E-state index contributed by atoms with van der Waals surface area (Å²) < 4.78 is 0. The predicted octanol–water partition coefficient (Wildman–Crippen LogP) is 5.36. The molecule has 152 valence electrons. The fourth-order valence-electron chi connectivity index (χ4n) is 4.14. The molecule has 30 heavy (non-hydrogen) atoms. The van der Waals surface area contributed by atoms with Crippen LogP contribution in [-0.2, 0) is 6.42 Å². The molecular weight excluding hydrogens is 392 g/mol. The molecule has 2 aromatic carbocycles. The van der Waals surface area contributed by atoms with Crippen LogP contribution in [0.4, 0.5) is 17.2 Å². The number of hydrogen-bond donors (Lipinski definition) is 0. The third-order valence-electron chi connectivity index (χ3n) is 5.95. The van der Waals surface area contributed by atoms with E-state index in [0.717, 1.165) is 49.1 Å². The van der Waals surface area contributed by atoms with Crippen molar-refractivity contribution in [2.24, 2.45) is 0 Å². The van der Waals surface area contributed by atoms with Crippen molar-refractivity contribution < 1.29 is 0 Å². The molecule has 3 aromatic rings. The fraction of sp³-hybridized carbons (Fsp3) is 0.240. The normalized spacial score (nSPS) is 16.6. The van der Waals surface area contributed by atoms with Crippen LogP contribution in [-0.4, -0.2) is 43.1 Å². The molecule has 0 bridgehead atoms. The van der Waals surface area contributed by atoms with Gasteiger partial charge in [0, 0.05) is 43.1 Å². The molecule has 0 aliphatic carbocycles. The molecule has 0 spiro atoms. The maximum atomic E-state index is 6.04. The lowest BCUT2D eigenvalue weighted by molar-refractivity contribution is 0.312. The van der Waals surface area contributed by atoms with Gasteiger partial charge in [0.25, 0.3) is 0 Å². The summed E-state index contributed by atoms with van der Waals surface area (Å²) in [5.74, 6) is 1.06. The van der Waals surface area contributed by atoms with Gasteiger partial charge < -0.3 is 14.7 Å². The van der Waals surface area contributed by atoms with Crippen molar-refractivity contribution in [2.45, 2.75) is 6.42 Å². The third kappa shape index (κ3) is 3.81. The highest BCUT2D eigenvalue weighted by Gasteiger charge is 2.18. The SMILES string of the molecule is CN1CCN(c2ccc(N3C=CCc4cc(-c5ccc(Cl)cc5)ccc43)cn2)CC1. The number of allylic oxidation sites excluding steroid dienone is 1. The monoisotopic (exact) mass is 416 g/mol. The molecule has 4 nitrogen and oxygen atoms in total. The Morgan fingerprint density at radius 1 is 0.867 bits per heavy atom. The minimum atomic E-state index is 0.762. The zero-order valence-electron chi connectivity index (χ0n) is 17.1. The van der Waals surface area contributed by atoms with Crippen LogP contribution in [0.15, 0.2) is 73.1 Å². The van der Waals surface area contributed by atoms with Crippen molar-refractivity contribution >= 4 is 28.8 Å². The summed E-state index contributed by atoms with van der Waals surface area (Å²) in [4.78, 5) is 11.7. The zero-order valence-corrected chi connectivity index (χ0v) is 17.9. The number of rotatable bonds is 3. The van der Waals surface area contributed by atoms with Crippen molar-refractivity contribution in [3.8, 4) is 11.1 Å². The van der Waals surface area contributed by atoms with Gasteiger partial charge in [0.05, 0.1) is 11.9 Å². The number of anilines is 3. The van der Waals surface area contributed by atoms with Gasteiger partial charge in [-0.05, 0) is 66.6 Å². The van der Waals surface area contributed by atoms with E-state index in [4.69, 9.17) is 16.6 Å². The number of halogens is 1. The highest BCUT2D eigenvalue weighted by molar-refractivity contribution is 6.30. The zero-order chi connectivity index (χ0) is 20.5. The van der Waals surface area contributed by atoms with Crippen molar-refractivity contribution in [3.05, 3.63) is 83.7 Å². The van der Waals surface area contributed by atoms with E-state index in [2.05, 4.69) is 76.5 Å². The maximum Gasteiger partial charge on any atom is 0.128 e. The number of aromatic nitrogens is 1. The van der Waals surface area contributed by atoms with E-state index in [9.17, 15) is 0 Å². The van der Waals surface area contributed by atoms with E-state index >= 15 is 0 Å². The second-order valence-electron chi connectivity index (χ2n) is 7.97. The van der Waals surface area contributed by atoms with Gasteiger partial charge in [-0.3, -0.25) is 0 Å². The standard InChI is InChI=1S/C25H25ClN4/c1-28-13-15-29(16-14-28)25-11-9-23(18-27-25)30-12-2-3-21-17-20(6-10-24(21)30)19-4-7-22(26)8-5-19/h2,4-12,17-18H,3,13-16H2,1H3. The summed E-state index contributed by atoms with van der Waals surface area (Å²) in [6.45, 7) is 4.23. The number of pyridine rings is 1. The molecule has 0 amide bonds. The molecule has 5 heteroatoms. The Labute approximate surface area is 183 Å². The van der Waals surface area contributed by atoms with Crippen molar-refractivity contribution in [1.82, 2.24) is 9.88 Å². The van der Waals surface area contributed by atoms with Crippen molar-refractivity contribution in [2.75, 3.05) is 43.0 Å². The van der Waals surface area contributed by atoms with E-state index < -0.39 is 0 Å². The van der Waals surface area contributed by atoms with Crippen LogP contribution in [0.5, 0.6) is 0 Å². The van der Waals surface area contributed by atoms with E-state index in [-0.39, 0.29) is 0 Å². The number of fused-ring (bicyclic) bond motifs is 1. The second kappa shape index (κ2) is 8.13. The number of hydrogen-bond acceptors (Lipinski definition) is 4. The van der Waals surface area contributed by atoms with Gasteiger partial charge in [0.2, 0.25) is 0 Å². The Morgan fingerprint density at radius 3 is 2.37 bits per heavy atom. The first-order chi connectivity index (χ1) is 14.7. The summed E-state index contributed by atoms with van der Waals surface area (Å²) in [6, 6.07) is 19.0. The Morgan fingerprint density at radius 2 is 1.63 bits per heavy atom. The summed E-state index contributed by atoms with van der Waals surface area (Å²) >= 11 is 6.04. The molecule has 5 rings (SSSR count). The molecule has 0 N–H and O–H groups in total. The van der Waals surface area contributed by atoms with Gasteiger partial charge in [0.1, 0.15) is 5.82 Å². The van der Waals surface area contributed by atoms with Crippen LogP contribution in [0.25, 0.3) is 11.1 Å². The van der Waals surface area contributed by atoms with Crippen LogP contribution >= 0.6 is 11.6 Å². The number of piperazine rings is 1. The minimum absolute atomic E-state index is 0.762. The summed E-state index contributed by atoms with van der Waals surface area (Å²) in [5, 5.41) is 0.762. The van der Waals surface area contributed by atoms with Gasteiger partial charge >= 0.3 is 0 Å². The van der Waals surface area contributed by atoms with E-state index in [1.807, 2.05) is 18.3 Å². The molecule has 1 fully saturated rings. The van der Waals surface area contributed by atoms with Crippen LogP contribution in [0.2, 0.25) is 5.02 Å². The van der Waals surface area contributed by atoms with Gasteiger partial charge in [-0.25, -0.2) is 4.98 Å². The molecule has 1 aromatic heterocycles. The van der Waals surface area contributed by atoms with Crippen molar-refractivity contribution in [3.63, 3.8) is 0 Å². The fourth-order valence-corrected chi connectivity index (χ4v) is 4.27. The second-order valence-corrected chi connectivity index (χ2v) is 8.41. The first kappa shape index (κ1) is 19.2. The molecule has 2 aliphatic rings. The Bertz CT molecular complexity index is 1050. The summed E-state index contributed by atoms with van der Waals surface area (Å²) in [7, 11) is 2.17. The van der Waals surface area contributed by atoms with Crippen molar-refractivity contribution in [1.29, 1.82) is 0 Å². The molecule has 3 heterocycles. The average molecular weight is 417 g/mol. The molecule has 2 aliphatic heterocycles. The largest absolute Gasteiger partial charge is 0.354 e. The van der Waals surface area contributed by atoms with E-state index in [1.165, 1.54) is 22.4 Å². The number of likely N-dealkylation sites (N-methyl/N-ethyl adjacent to an activating group) is 1. The Kier molecular flexibility index (Phi) is 5.19. The highest BCUT2D eigenvalue weighted by Crippen LogP contribution is 2.35. The molecule has 0 atom stereocenters. The number of nitrogens with zero attached hydrogens (tertiary/aromatic N) is 4. The Balaban J connectivity index is 1.39. The van der Waals surface area contributed by atoms with Gasteiger partial charge in [-0.1, -0.05) is 35.9 Å². The molecule has 0 saturated carbocycles. The lowest BCUT2D eigenvalue weighted by Gasteiger charge is -2.33. The first-order valence-electron chi connectivity index (χ1n) is 10.4. The Hall–Kier alpha value is -2.82. The molecule has 0 unspecified atom stereocenters. The summed E-state index contributed by atoms with van der Waals surface area (Å²) in [6.07, 6.45) is 7.28. The van der Waals surface area contributed by atoms with E-state index in [0.29, 0.717) is 0 Å². The van der Waals surface area contributed by atoms with Crippen LogP contribution < -0.4 is 9.80 Å². The molecule has 1 saturated heterocycles. The predicted molar refractivity (Wildman–Crippen MR) is 126 cm³/mol. The first-order valence-corrected chi connectivity index (χ1v) is 10.8. The average Bonchev–Trinajstić information content (AvgIpc) is 2.79. The lowest BCUT2D eigenvalue weighted by Crippen LogP contribution is -2.44. The van der Waals surface area contributed by atoms with Gasteiger partial charge in [-0.15, -0.1) is 0 Å². The molecular formula is C25H25ClN4. The van der Waals surface area contributed by atoms with Gasteiger partial charge in [0.15, 0.2) is 0 Å².